The highest BCUT2D eigenvalue weighted by Gasteiger charge is 2.26. The predicted octanol–water partition coefficient (Wildman–Crippen LogP) is 5.17. The van der Waals surface area contributed by atoms with E-state index in [0.717, 1.165) is 42.7 Å². The van der Waals surface area contributed by atoms with Crippen molar-refractivity contribution in [2.45, 2.75) is 49.9 Å². The van der Waals surface area contributed by atoms with Crippen molar-refractivity contribution in [3.63, 3.8) is 0 Å². The minimum absolute atomic E-state index is 0.162. The van der Waals surface area contributed by atoms with Gasteiger partial charge >= 0.3 is 0 Å². The molecule has 162 valence electrons. The van der Waals surface area contributed by atoms with Gasteiger partial charge in [-0.15, -0.1) is 10.2 Å². The summed E-state index contributed by atoms with van der Waals surface area (Å²) in [5.74, 6) is 0.861. The zero-order chi connectivity index (χ0) is 21.8. The smallest absolute Gasteiger partial charge is 0.235 e. The minimum Gasteiger partial charge on any atom is -0.342 e. The van der Waals surface area contributed by atoms with Crippen LogP contribution < -0.4 is 0 Å². The Balaban J connectivity index is 1.70. The van der Waals surface area contributed by atoms with E-state index >= 15 is 0 Å². The Morgan fingerprint density at radius 2 is 1.77 bits per heavy atom. The number of benzene rings is 1. The zero-order valence-corrected chi connectivity index (χ0v) is 19.4. The number of aromatic nitrogens is 4. The zero-order valence-electron chi connectivity index (χ0n) is 17.8. The summed E-state index contributed by atoms with van der Waals surface area (Å²) < 4.78 is 1.99. The van der Waals surface area contributed by atoms with Gasteiger partial charge in [0.05, 0.1) is 10.9 Å². The maximum atomic E-state index is 13.1. The van der Waals surface area contributed by atoms with Crippen molar-refractivity contribution in [3.8, 4) is 17.1 Å². The van der Waals surface area contributed by atoms with E-state index < -0.39 is 0 Å². The first-order valence-corrected chi connectivity index (χ1v) is 11.9. The molecule has 1 aliphatic heterocycles. The molecule has 1 amide bonds. The number of thioether (sulfide) groups is 1. The maximum Gasteiger partial charge on any atom is 0.235 e. The average molecular weight is 456 g/mol. The highest BCUT2D eigenvalue weighted by molar-refractivity contribution is 8.00. The first-order chi connectivity index (χ1) is 15.1. The van der Waals surface area contributed by atoms with Crippen molar-refractivity contribution >= 4 is 29.3 Å². The molecule has 0 bridgehead atoms. The number of carbonyl (C=O) groups excluding carboxylic acids is 1. The maximum absolute atomic E-state index is 13.1. The first kappa shape index (κ1) is 21.8. The highest BCUT2D eigenvalue weighted by atomic mass is 35.5. The Labute approximate surface area is 192 Å². The molecule has 4 rings (SSSR count). The van der Waals surface area contributed by atoms with Crippen LogP contribution in [-0.2, 0) is 4.79 Å². The van der Waals surface area contributed by atoms with Crippen LogP contribution in [-0.4, -0.2) is 48.9 Å². The second-order valence-electron chi connectivity index (χ2n) is 7.76. The summed E-state index contributed by atoms with van der Waals surface area (Å²) >= 11 is 7.87. The summed E-state index contributed by atoms with van der Waals surface area (Å²) in [4.78, 5) is 19.2. The molecule has 0 radical (unpaired) electrons. The van der Waals surface area contributed by atoms with Gasteiger partial charge in [0, 0.05) is 36.1 Å². The highest BCUT2D eigenvalue weighted by Crippen LogP contribution is 2.33. The second kappa shape index (κ2) is 9.83. The number of nitrogens with zero attached hydrogens (tertiary/aromatic N) is 5. The Hall–Kier alpha value is -2.38. The number of halogens is 1. The predicted molar refractivity (Wildman–Crippen MR) is 125 cm³/mol. The fourth-order valence-corrected chi connectivity index (χ4v) is 4.96. The summed E-state index contributed by atoms with van der Waals surface area (Å²) in [6, 6.07) is 9.60. The Morgan fingerprint density at radius 1 is 1.06 bits per heavy atom. The molecule has 31 heavy (non-hydrogen) atoms. The Morgan fingerprint density at radius 3 is 2.48 bits per heavy atom. The van der Waals surface area contributed by atoms with Gasteiger partial charge in [0.2, 0.25) is 5.91 Å². The molecule has 2 aromatic heterocycles. The van der Waals surface area contributed by atoms with Gasteiger partial charge in [-0.3, -0.25) is 14.3 Å². The molecule has 0 aliphatic carbocycles. The normalized spacial score (nSPS) is 15.5. The minimum atomic E-state index is -0.258. The van der Waals surface area contributed by atoms with E-state index in [2.05, 4.69) is 15.2 Å². The van der Waals surface area contributed by atoms with Crippen LogP contribution in [0.4, 0.5) is 0 Å². The molecular weight excluding hydrogens is 430 g/mol. The Kier molecular flexibility index (Phi) is 6.92. The van der Waals surface area contributed by atoms with Gasteiger partial charge < -0.3 is 4.90 Å². The van der Waals surface area contributed by atoms with Gasteiger partial charge in [-0.1, -0.05) is 42.3 Å². The third-order valence-electron chi connectivity index (χ3n) is 5.60. The quantitative estimate of drug-likeness (QED) is 0.496. The lowest BCUT2D eigenvalue weighted by molar-refractivity contribution is -0.130. The SMILES string of the molecule is Cc1c(Cl)cccc1-n1c(SC(C)C(=O)N2CCCCCC2)nnc1-c1ccncc1. The van der Waals surface area contributed by atoms with Crippen LogP contribution >= 0.6 is 23.4 Å². The molecule has 1 aromatic carbocycles. The lowest BCUT2D eigenvalue weighted by atomic mass is 10.2. The number of hydrogen-bond acceptors (Lipinski definition) is 5. The fourth-order valence-electron chi connectivity index (χ4n) is 3.85. The van der Waals surface area contributed by atoms with Crippen LogP contribution in [0.25, 0.3) is 17.1 Å². The molecule has 6 nitrogen and oxygen atoms in total. The van der Waals surface area contributed by atoms with E-state index in [-0.39, 0.29) is 11.2 Å². The van der Waals surface area contributed by atoms with E-state index in [0.29, 0.717) is 16.0 Å². The molecule has 1 saturated heterocycles. The molecule has 0 spiro atoms. The van der Waals surface area contributed by atoms with Gasteiger partial charge in [-0.2, -0.15) is 0 Å². The van der Waals surface area contributed by atoms with Gasteiger partial charge in [0.1, 0.15) is 0 Å². The molecule has 1 fully saturated rings. The topological polar surface area (TPSA) is 63.9 Å². The molecular formula is C23H26ClN5OS. The average Bonchev–Trinajstić information content (AvgIpc) is 3.00. The van der Waals surface area contributed by atoms with Crippen LogP contribution in [0.2, 0.25) is 5.02 Å². The first-order valence-electron chi connectivity index (χ1n) is 10.6. The van der Waals surface area contributed by atoms with E-state index in [4.69, 9.17) is 11.6 Å². The molecule has 3 heterocycles. The molecule has 1 atom stereocenters. The van der Waals surface area contributed by atoms with Crippen molar-refractivity contribution in [1.29, 1.82) is 0 Å². The fraction of sp³-hybridized carbons (Fsp3) is 0.391. The van der Waals surface area contributed by atoms with Gasteiger partial charge in [0.25, 0.3) is 0 Å². The number of rotatable bonds is 5. The van der Waals surface area contributed by atoms with Crippen LogP contribution in [0.3, 0.4) is 0 Å². The summed E-state index contributed by atoms with van der Waals surface area (Å²) in [5.41, 5.74) is 2.74. The van der Waals surface area contributed by atoms with Crippen LogP contribution in [0.5, 0.6) is 0 Å². The Bertz CT molecular complexity index is 1050. The lowest BCUT2D eigenvalue weighted by Crippen LogP contribution is -2.37. The third kappa shape index (κ3) is 4.77. The molecule has 0 saturated carbocycles. The van der Waals surface area contributed by atoms with E-state index in [1.807, 2.05) is 53.6 Å². The second-order valence-corrected chi connectivity index (χ2v) is 9.48. The summed E-state index contributed by atoms with van der Waals surface area (Å²) in [6.45, 7) is 5.61. The van der Waals surface area contributed by atoms with E-state index in [1.54, 1.807) is 12.4 Å². The molecule has 0 N–H and O–H groups in total. The number of hydrogen-bond donors (Lipinski definition) is 0. The van der Waals surface area contributed by atoms with Crippen LogP contribution in [0.1, 0.15) is 38.2 Å². The van der Waals surface area contributed by atoms with Gasteiger partial charge in [-0.05, 0) is 56.5 Å². The lowest BCUT2D eigenvalue weighted by Gasteiger charge is -2.24. The molecule has 1 unspecified atom stereocenters. The van der Waals surface area contributed by atoms with E-state index in [9.17, 15) is 4.79 Å². The summed E-state index contributed by atoms with van der Waals surface area (Å²) in [6.07, 6.45) is 8.02. The van der Waals surface area contributed by atoms with Crippen molar-refractivity contribution in [2.75, 3.05) is 13.1 Å². The number of likely N-dealkylation sites (tertiary alicyclic amines) is 1. The van der Waals surface area contributed by atoms with Crippen molar-refractivity contribution in [3.05, 3.63) is 53.3 Å². The third-order valence-corrected chi connectivity index (χ3v) is 7.04. The van der Waals surface area contributed by atoms with E-state index in [1.165, 1.54) is 24.6 Å². The summed E-state index contributed by atoms with van der Waals surface area (Å²) in [5, 5.41) is 10.0. The van der Waals surface area contributed by atoms with Crippen LogP contribution in [0.15, 0.2) is 47.9 Å². The number of carbonyl (C=O) groups is 1. The number of amides is 1. The summed E-state index contributed by atoms with van der Waals surface area (Å²) in [7, 11) is 0. The monoisotopic (exact) mass is 455 g/mol. The number of pyridine rings is 1. The standard InChI is InChI=1S/C23H26ClN5OS/c1-16-19(24)8-7-9-20(16)29-21(18-10-12-25-13-11-18)26-27-23(29)31-17(2)22(30)28-14-5-3-4-6-15-28/h7-13,17H,3-6,14-15H2,1-2H3. The molecule has 1 aliphatic rings. The van der Waals surface area contributed by atoms with Gasteiger partial charge in [-0.25, -0.2) is 0 Å². The largest absolute Gasteiger partial charge is 0.342 e. The van der Waals surface area contributed by atoms with Crippen LogP contribution in [0, 0.1) is 6.92 Å². The molecule has 8 heteroatoms. The van der Waals surface area contributed by atoms with Gasteiger partial charge in [0.15, 0.2) is 11.0 Å². The van der Waals surface area contributed by atoms with Crippen molar-refractivity contribution in [2.24, 2.45) is 0 Å². The van der Waals surface area contributed by atoms with Crippen molar-refractivity contribution in [1.82, 2.24) is 24.6 Å². The van der Waals surface area contributed by atoms with Crippen molar-refractivity contribution < 1.29 is 4.79 Å². The molecule has 3 aromatic rings.